The monoisotopic (exact) mass is 350 g/mol. The number of primary amides is 1. The van der Waals surface area contributed by atoms with Crippen LogP contribution in [0.4, 0.5) is 18.9 Å². The van der Waals surface area contributed by atoms with Crippen molar-refractivity contribution in [1.29, 1.82) is 0 Å². The van der Waals surface area contributed by atoms with Crippen molar-refractivity contribution in [3.05, 3.63) is 28.3 Å². The molecule has 2 rings (SSSR count). The first-order valence-electron chi connectivity index (χ1n) is 5.96. The van der Waals surface area contributed by atoms with Gasteiger partial charge in [-0.05, 0) is 0 Å². The third-order valence-corrected chi connectivity index (χ3v) is 3.25. The number of amides is 2. The molecule has 0 saturated heterocycles. The molecular weight excluding hydrogens is 341 g/mol. The molecule has 0 aliphatic heterocycles. The fourth-order valence-corrected chi connectivity index (χ4v) is 2.31. The van der Waals surface area contributed by atoms with Gasteiger partial charge in [-0.3, -0.25) is 19.0 Å². The Bertz CT molecular complexity index is 795. The van der Waals surface area contributed by atoms with Crippen molar-refractivity contribution in [2.45, 2.75) is 6.18 Å². The Hall–Kier alpha value is -2.56. The number of anilines is 1. The van der Waals surface area contributed by atoms with Crippen LogP contribution in [0.1, 0.15) is 26.7 Å². The molecule has 0 unspecified atom stereocenters. The quantitative estimate of drug-likeness (QED) is 0.866. The highest BCUT2D eigenvalue weighted by Gasteiger charge is 2.40. The molecule has 2 amide bonds. The van der Waals surface area contributed by atoms with Crippen molar-refractivity contribution in [1.82, 2.24) is 19.6 Å². The van der Waals surface area contributed by atoms with E-state index in [0.29, 0.717) is 4.68 Å². The number of hydrogen-bond acceptors (Lipinski definition) is 4. The molecule has 0 atom stereocenters. The zero-order chi connectivity index (χ0) is 17.5. The van der Waals surface area contributed by atoms with Crippen LogP contribution in [-0.2, 0) is 20.3 Å². The van der Waals surface area contributed by atoms with E-state index in [1.807, 2.05) is 0 Å². The van der Waals surface area contributed by atoms with E-state index in [2.05, 4.69) is 15.5 Å². The SMILES string of the molecule is Cn1ncc(NC(=O)c2nn(C)c(C(F)(F)F)c2Cl)c1C(N)=O. The predicted molar refractivity (Wildman–Crippen MR) is 72.9 cm³/mol. The molecule has 12 heteroatoms. The third-order valence-electron chi connectivity index (χ3n) is 2.89. The highest BCUT2D eigenvalue weighted by Crippen LogP contribution is 2.36. The van der Waals surface area contributed by atoms with Gasteiger partial charge < -0.3 is 11.1 Å². The summed E-state index contributed by atoms with van der Waals surface area (Å²) in [7, 11) is 2.41. The number of nitrogens with zero attached hydrogens (tertiary/aromatic N) is 4. The van der Waals surface area contributed by atoms with Crippen molar-refractivity contribution in [3.8, 4) is 0 Å². The average Bonchev–Trinajstić information content (AvgIpc) is 2.89. The number of carbonyl (C=O) groups excluding carboxylic acids is 2. The summed E-state index contributed by atoms with van der Waals surface area (Å²) in [5.41, 5.74) is 3.05. The van der Waals surface area contributed by atoms with Gasteiger partial charge in [0.05, 0.1) is 11.9 Å². The minimum atomic E-state index is -4.77. The molecule has 124 valence electrons. The summed E-state index contributed by atoms with van der Waals surface area (Å²) in [6.45, 7) is 0. The minimum absolute atomic E-state index is 0.0692. The van der Waals surface area contributed by atoms with Crippen molar-refractivity contribution >= 4 is 29.1 Å². The Morgan fingerprint density at radius 1 is 1.30 bits per heavy atom. The molecule has 2 aromatic heterocycles. The summed E-state index contributed by atoms with van der Waals surface area (Å²) in [4.78, 5) is 23.4. The Morgan fingerprint density at radius 3 is 2.39 bits per heavy atom. The zero-order valence-corrected chi connectivity index (χ0v) is 12.5. The fraction of sp³-hybridized carbons (Fsp3) is 0.273. The summed E-state index contributed by atoms with van der Waals surface area (Å²) >= 11 is 5.61. The molecule has 8 nitrogen and oxygen atoms in total. The third kappa shape index (κ3) is 2.99. The number of aryl methyl sites for hydroxylation is 2. The van der Waals surface area contributed by atoms with Gasteiger partial charge in [-0.15, -0.1) is 0 Å². The van der Waals surface area contributed by atoms with Crippen molar-refractivity contribution in [3.63, 3.8) is 0 Å². The minimum Gasteiger partial charge on any atom is -0.364 e. The number of nitrogens with two attached hydrogens (primary N) is 1. The van der Waals surface area contributed by atoms with E-state index in [0.717, 1.165) is 17.9 Å². The molecule has 0 bridgehead atoms. The standard InChI is InChI=1S/C11H10ClF3N6O2/c1-20-7(9(16)22)4(3-17-20)18-10(23)6-5(12)8(11(13,14)15)21(2)19-6/h3H,1-2H3,(H2,16,22)(H,18,23). The largest absolute Gasteiger partial charge is 0.434 e. The fourth-order valence-electron chi connectivity index (χ4n) is 1.95. The normalized spacial score (nSPS) is 11.6. The van der Waals surface area contributed by atoms with E-state index < -0.39 is 34.4 Å². The van der Waals surface area contributed by atoms with Crippen LogP contribution in [0.15, 0.2) is 6.20 Å². The predicted octanol–water partition coefficient (Wildman–Crippen LogP) is 1.18. The summed E-state index contributed by atoms with van der Waals surface area (Å²) in [5.74, 6) is -1.90. The Labute approximate surface area is 132 Å². The lowest BCUT2D eigenvalue weighted by molar-refractivity contribution is -0.143. The molecule has 0 spiro atoms. The maximum Gasteiger partial charge on any atom is 0.434 e. The van der Waals surface area contributed by atoms with Crippen LogP contribution >= 0.6 is 11.6 Å². The van der Waals surface area contributed by atoms with E-state index in [-0.39, 0.29) is 11.4 Å². The van der Waals surface area contributed by atoms with Gasteiger partial charge in [-0.25, -0.2) is 0 Å². The lowest BCUT2D eigenvalue weighted by Gasteiger charge is -2.06. The van der Waals surface area contributed by atoms with E-state index in [4.69, 9.17) is 17.3 Å². The lowest BCUT2D eigenvalue weighted by atomic mass is 10.3. The first kappa shape index (κ1) is 16.8. The second kappa shape index (κ2) is 5.57. The number of alkyl halides is 3. The maximum absolute atomic E-state index is 12.8. The maximum atomic E-state index is 12.8. The molecule has 3 N–H and O–H groups in total. The lowest BCUT2D eigenvalue weighted by Crippen LogP contribution is -2.20. The van der Waals surface area contributed by atoms with Gasteiger partial charge in [0.1, 0.15) is 10.7 Å². The van der Waals surface area contributed by atoms with Gasteiger partial charge in [0, 0.05) is 14.1 Å². The summed E-state index contributed by atoms with van der Waals surface area (Å²) < 4.78 is 40.1. The first-order chi connectivity index (χ1) is 10.5. The van der Waals surface area contributed by atoms with Gasteiger partial charge in [0.25, 0.3) is 11.8 Å². The highest BCUT2D eigenvalue weighted by molar-refractivity contribution is 6.34. The Balaban J connectivity index is 2.39. The smallest absolute Gasteiger partial charge is 0.364 e. The van der Waals surface area contributed by atoms with Crippen molar-refractivity contribution in [2.75, 3.05) is 5.32 Å². The van der Waals surface area contributed by atoms with Gasteiger partial charge in [-0.2, -0.15) is 23.4 Å². The number of carbonyl (C=O) groups is 2. The number of nitrogens with one attached hydrogen (secondary N) is 1. The molecular formula is C11H10ClF3N6O2. The number of aromatic nitrogens is 4. The second-order valence-corrected chi connectivity index (χ2v) is 4.86. The topological polar surface area (TPSA) is 108 Å². The molecule has 0 saturated carbocycles. The molecule has 0 fully saturated rings. The van der Waals surface area contributed by atoms with Crippen LogP contribution in [0.3, 0.4) is 0 Å². The van der Waals surface area contributed by atoms with Crippen LogP contribution in [0.2, 0.25) is 5.02 Å². The molecule has 2 heterocycles. The average molecular weight is 351 g/mol. The van der Waals surface area contributed by atoms with E-state index >= 15 is 0 Å². The molecule has 0 aliphatic rings. The van der Waals surface area contributed by atoms with Gasteiger partial charge in [-0.1, -0.05) is 11.6 Å². The summed E-state index contributed by atoms with van der Waals surface area (Å²) in [5, 5.41) is 8.56. The molecule has 0 radical (unpaired) electrons. The Morgan fingerprint density at radius 2 is 1.91 bits per heavy atom. The van der Waals surface area contributed by atoms with Crippen LogP contribution in [0.5, 0.6) is 0 Å². The second-order valence-electron chi connectivity index (χ2n) is 4.48. The van der Waals surface area contributed by atoms with Gasteiger partial charge in [0.2, 0.25) is 0 Å². The van der Waals surface area contributed by atoms with Crippen molar-refractivity contribution < 1.29 is 22.8 Å². The molecule has 23 heavy (non-hydrogen) atoms. The molecule has 0 aliphatic carbocycles. The van der Waals surface area contributed by atoms with Crippen LogP contribution in [-0.4, -0.2) is 31.4 Å². The summed E-state index contributed by atoms with van der Waals surface area (Å²) in [6, 6.07) is 0. The Kier molecular flexibility index (Phi) is 4.07. The molecule has 2 aromatic rings. The molecule has 0 aromatic carbocycles. The van der Waals surface area contributed by atoms with Crippen LogP contribution < -0.4 is 11.1 Å². The number of hydrogen-bond donors (Lipinski definition) is 2. The highest BCUT2D eigenvalue weighted by atomic mass is 35.5. The van der Waals surface area contributed by atoms with E-state index in [9.17, 15) is 22.8 Å². The zero-order valence-electron chi connectivity index (χ0n) is 11.8. The first-order valence-corrected chi connectivity index (χ1v) is 6.34. The van der Waals surface area contributed by atoms with Crippen molar-refractivity contribution in [2.24, 2.45) is 19.8 Å². The summed E-state index contributed by atoms with van der Waals surface area (Å²) in [6.07, 6.45) is -3.65. The van der Waals surface area contributed by atoms with E-state index in [1.54, 1.807) is 0 Å². The van der Waals surface area contributed by atoms with E-state index in [1.165, 1.54) is 7.05 Å². The van der Waals surface area contributed by atoms with Crippen LogP contribution in [0, 0.1) is 0 Å². The number of rotatable bonds is 3. The van der Waals surface area contributed by atoms with Gasteiger partial charge >= 0.3 is 6.18 Å². The van der Waals surface area contributed by atoms with Crippen LogP contribution in [0.25, 0.3) is 0 Å². The van der Waals surface area contributed by atoms with Gasteiger partial charge in [0.15, 0.2) is 11.4 Å². The number of halogens is 4.